The Morgan fingerprint density at radius 3 is 2.60 bits per heavy atom. The molecule has 7 nitrogen and oxygen atoms in total. The summed E-state index contributed by atoms with van der Waals surface area (Å²) in [6.07, 6.45) is 2.69. The van der Waals surface area contributed by atoms with Gasteiger partial charge < -0.3 is 5.32 Å². The number of nitro benzene ring substituents is 1. The Bertz CT molecular complexity index is 611. The van der Waals surface area contributed by atoms with Crippen molar-refractivity contribution in [1.29, 1.82) is 0 Å². The number of non-ortho nitro benzene ring substituents is 1. The third kappa shape index (κ3) is 3.07. The molecule has 0 bridgehead atoms. The van der Waals surface area contributed by atoms with Gasteiger partial charge in [0.25, 0.3) is 5.69 Å². The zero-order valence-corrected chi connectivity index (χ0v) is 11.9. The Morgan fingerprint density at radius 2 is 2.10 bits per heavy atom. The first kappa shape index (κ1) is 14.7. The van der Waals surface area contributed by atoms with Crippen LogP contribution < -0.4 is 10.0 Å². The topological polar surface area (TPSA) is 101 Å². The van der Waals surface area contributed by atoms with Gasteiger partial charge in [-0.2, -0.15) is 0 Å². The normalized spacial score (nSPS) is 15.7. The summed E-state index contributed by atoms with van der Waals surface area (Å²) in [6, 6.07) is 3.70. The molecule has 0 heterocycles. The number of nitrogens with zero attached hydrogens (tertiary/aromatic N) is 1. The van der Waals surface area contributed by atoms with Gasteiger partial charge in [0.2, 0.25) is 10.0 Å². The van der Waals surface area contributed by atoms with E-state index in [0.717, 1.165) is 19.3 Å². The van der Waals surface area contributed by atoms with E-state index in [1.807, 2.05) is 0 Å². The van der Waals surface area contributed by atoms with Crippen molar-refractivity contribution in [3.8, 4) is 0 Å². The number of hydrogen-bond donors (Lipinski definition) is 2. The van der Waals surface area contributed by atoms with Gasteiger partial charge in [0, 0.05) is 24.7 Å². The number of nitrogens with one attached hydrogen (secondary N) is 2. The summed E-state index contributed by atoms with van der Waals surface area (Å²) in [5.74, 6) is 0. The number of sulfonamides is 1. The van der Waals surface area contributed by atoms with E-state index >= 15 is 0 Å². The summed E-state index contributed by atoms with van der Waals surface area (Å²) in [5, 5.41) is 13.6. The fraction of sp³-hybridized carbons (Fsp3) is 0.500. The zero-order chi connectivity index (χ0) is 14.8. The highest BCUT2D eigenvalue weighted by atomic mass is 32.2. The van der Waals surface area contributed by atoms with Gasteiger partial charge in [0.1, 0.15) is 4.90 Å². The molecule has 2 rings (SSSR count). The minimum Gasteiger partial charge on any atom is -0.384 e. The van der Waals surface area contributed by atoms with E-state index in [4.69, 9.17) is 0 Å². The van der Waals surface area contributed by atoms with E-state index in [0.29, 0.717) is 6.54 Å². The van der Waals surface area contributed by atoms with Crippen LogP contribution in [0.5, 0.6) is 0 Å². The molecule has 0 unspecified atom stereocenters. The van der Waals surface area contributed by atoms with Crippen molar-refractivity contribution in [2.45, 2.75) is 37.1 Å². The fourth-order valence-electron chi connectivity index (χ4n) is 2.00. The average Bonchev–Trinajstić information content (AvgIpc) is 2.34. The van der Waals surface area contributed by atoms with Crippen LogP contribution in [0.2, 0.25) is 0 Å². The lowest BCUT2D eigenvalue weighted by atomic mass is 9.94. The van der Waals surface area contributed by atoms with Crippen LogP contribution in [0.25, 0.3) is 0 Å². The Balaban J connectivity index is 2.35. The second-order valence-corrected chi connectivity index (χ2v) is 6.40. The minimum absolute atomic E-state index is 0.0235. The summed E-state index contributed by atoms with van der Waals surface area (Å²) in [5.41, 5.74) is 0.122. The molecule has 0 aromatic heterocycles. The Kier molecular flexibility index (Phi) is 4.24. The summed E-state index contributed by atoms with van der Waals surface area (Å²) in [4.78, 5) is 10.3. The van der Waals surface area contributed by atoms with Crippen LogP contribution in [-0.4, -0.2) is 25.9 Å². The predicted molar refractivity (Wildman–Crippen MR) is 75.2 cm³/mol. The van der Waals surface area contributed by atoms with Crippen molar-refractivity contribution >= 4 is 21.4 Å². The van der Waals surface area contributed by atoms with Crippen LogP contribution in [0.15, 0.2) is 23.1 Å². The maximum atomic E-state index is 12.3. The first-order valence-corrected chi connectivity index (χ1v) is 7.97. The van der Waals surface area contributed by atoms with Gasteiger partial charge in [-0.05, 0) is 25.8 Å². The largest absolute Gasteiger partial charge is 0.384 e. The first-order chi connectivity index (χ1) is 9.44. The van der Waals surface area contributed by atoms with E-state index in [9.17, 15) is 18.5 Å². The quantitative estimate of drug-likeness (QED) is 0.616. The molecular formula is C12H17N3O4S. The van der Waals surface area contributed by atoms with Crippen LogP contribution in [0.3, 0.4) is 0 Å². The summed E-state index contributed by atoms with van der Waals surface area (Å²) < 4.78 is 27.2. The second kappa shape index (κ2) is 5.76. The van der Waals surface area contributed by atoms with Crippen LogP contribution in [0.4, 0.5) is 11.4 Å². The highest BCUT2D eigenvalue weighted by Crippen LogP contribution is 2.28. The van der Waals surface area contributed by atoms with Gasteiger partial charge in [0.15, 0.2) is 0 Å². The van der Waals surface area contributed by atoms with Gasteiger partial charge in [-0.25, -0.2) is 13.1 Å². The number of rotatable bonds is 6. The molecule has 0 spiro atoms. The number of nitro groups is 1. The molecule has 0 aliphatic heterocycles. The number of anilines is 1. The number of hydrogen-bond acceptors (Lipinski definition) is 5. The zero-order valence-electron chi connectivity index (χ0n) is 11.1. The molecule has 1 aromatic carbocycles. The van der Waals surface area contributed by atoms with E-state index < -0.39 is 14.9 Å². The molecular weight excluding hydrogens is 282 g/mol. The van der Waals surface area contributed by atoms with Crippen molar-refractivity contribution < 1.29 is 13.3 Å². The monoisotopic (exact) mass is 299 g/mol. The Hall–Kier alpha value is -1.67. The third-order valence-corrected chi connectivity index (χ3v) is 4.84. The van der Waals surface area contributed by atoms with Gasteiger partial charge >= 0.3 is 0 Å². The van der Waals surface area contributed by atoms with Gasteiger partial charge in [0.05, 0.1) is 10.6 Å². The maximum absolute atomic E-state index is 12.3. The van der Waals surface area contributed by atoms with Crippen molar-refractivity contribution in [2.75, 3.05) is 11.9 Å². The van der Waals surface area contributed by atoms with Crippen molar-refractivity contribution in [3.63, 3.8) is 0 Å². The molecule has 20 heavy (non-hydrogen) atoms. The lowest BCUT2D eigenvalue weighted by Gasteiger charge is -2.26. The molecule has 2 N–H and O–H groups in total. The predicted octanol–water partition coefficient (Wildman–Crippen LogP) is 1.86. The summed E-state index contributed by atoms with van der Waals surface area (Å²) in [7, 11) is -3.65. The Morgan fingerprint density at radius 1 is 1.40 bits per heavy atom. The molecule has 0 radical (unpaired) electrons. The van der Waals surface area contributed by atoms with Crippen LogP contribution >= 0.6 is 0 Å². The van der Waals surface area contributed by atoms with Crippen molar-refractivity contribution in [1.82, 2.24) is 4.72 Å². The molecule has 0 atom stereocenters. The SMILES string of the molecule is CCNc1cc([N+](=O)[O-])ccc1S(=O)(=O)NC1CCC1. The Labute approximate surface area is 117 Å². The molecule has 1 aliphatic rings. The van der Waals surface area contributed by atoms with Crippen molar-refractivity contribution in [2.24, 2.45) is 0 Å². The van der Waals surface area contributed by atoms with E-state index in [-0.39, 0.29) is 22.3 Å². The van der Waals surface area contributed by atoms with Crippen LogP contribution in [0, 0.1) is 10.1 Å². The van der Waals surface area contributed by atoms with Gasteiger partial charge in [-0.3, -0.25) is 10.1 Å². The van der Waals surface area contributed by atoms with Crippen LogP contribution in [0.1, 0.15) is 26.2 Å². The van der Waals surface area contributed by atoms with Crippen molar-refractivity contribution in [3.05, 3.63) is 28.3 Å². The smallest absolute Gasteiger partial charge is 0.271 e. The molecule has 8 heteroatoms. The second-order valence-electron chi connectivity index (χ2n) is 4.72. The maximum Gasteiger partial charge on any atom is 0.271 e. The minimum atomic E-state index is -3.65. The molecule has 110 valence electrons. The fourth-order valence-corrected chi connectivity index (χ4v) is 3.47. The molecule has 0 amide bonds. The standard InChI is InChI=1S/C12H17N3O4S/c1-2-13-11-8-10(15(16)17)6-7-12(11)20(18,19)14-9-4-3-5-9/h6-9,13-14H,2-5H2,1H3. The molecule has 1 aliphatic carbocycles. The van der Waals surface area contributed by atoms with E-state index in [1.165, 1.54) is 18.2 Å². The van der Waals surface area contributed by atoms with Gasteiger partial charge in [-0.1, -0.05) is 6.42 Å². The third-order valence-electron chi connectivity index (χ3n) is 3.26. The summed E-state index contributed by atoms with van der Waals surface area (Å²) in [6.45, 7) is 2.28. The molecule has 1 fully saturated rings. The van der Waals surface area contributed by atoms with E-state index in [2.05, 4.69) is 10.0 Å². The molecule has 1 aromatic rings. The lowest BCUT2D eigenvalue weighted by molar-refractivity contribution is -0.384. The van der Waals surface area contributed by atoms with Gasteiger partial charge in [-0.15, -0.1) is 0 Å². The summed E-state index contributed by atoms with van der Waals surface area (Å²) >= 11 is 0. The van der Waals surface area contributed by atoms with E-state index in [1.54, 1.807) is 6.92 Å². The van der Waals surface area contributed by atoms with Crippen LogP contribution in [-0.2, 0) is 10.0 Å². The average molecular weight is 299 g/mol. The first-order valence-electron chi connectivity index (χ1n) is 6.48. The highest BCUT2D eigenvalue weighted by molar-refractivity contribution is 7.89. The number of benzene rings is 1. The molecule has 0 saturated heterocycles. The highest BCUT2D eigenvalue weighted by Gasteiger charge is 2.27. The lowest BCUT2D eigenvalue weighted by Crippen LogP contribution is -2.39. The molecule has 1 saturated carbocycles.